The number of hydrogen-bond acceptors (Lipinski definition) is 3. The summed E-state index contributed by atoms with van der Waals surface area (Å²) in [4.78, 5) is 13.0. The molecule has 1 aliphatic heterocycles. The van der Waals surface area contributed by atoms with Gasteiger partial charge < -0.3 is 0 Å². The van der Waals surface area contributed by atoms with Crippen molar-refractivity contribution in [2.24, 2.45) is 5.92 Å². The van der Waals surface area contributed by atoms with E-state index in [2.05, 4.69) is 0 Å². The molecule has 1 aliphatic carbocycles. The Morgan fingerprint density at radius 1 is 0.962 bits per heavy atom. The summed E-state index contributed by atoms with van der Waals surface area (Å²) in [6.07, 6.45) is 7.76. The number of fused-ring (bicyclic) bond motifs is 1. The van der Waals surface area contributed by atoms with Crippen molar-refractivity contribution >= 4 is 35.3 Å². The van der Waals surface area contributed by atoms with E-state index in [0.717, 1.165) is 4.31 Å². The van der Waals surface area contributed by atoms with E-state index in [1.807, 2.05) is 54.6 Å². The van der Waals surface area contributed by atoms with Gasteiger partial charge in [-0.15, -0.1) is 0 Å². The fourth-order valence-corrected chi connectivity index (χ4v) is 7.54. The summed E-state index contributed by atoms with van der Waals surface area (Å²) in [7, 11) is -3.81. The molecule has 2 aromatic rings. The third-order valence-electron chi connectivity index (χ3n) is 4.54. The topological polar surface area (TPSA) is 54.5 Å². The molecule has 26 heavy (non-hydrogen) atoms. The summed E-state index contributed by atoms with van der Waals surface area (Å²) >= 11 is 0.0702. The number of hydrogen-bond donors (Lipinski definition) is 0. The number of allylic oxidation sites excluding steroid dienone is 2. The fourth-order valence-electron chi connectivity index (χ4n) is 3.27. The van der Waals surface area contributed by atoms with Crippen LogP contribution in [0.4, 0.5) is 0 Å². The number of carbonyl (C=O) groups is 1. The van der Waals surface area contributed by atoms with Gasteiger partial charge in [-0.25, -0.2) is 0 Å². The number of nitrogens with zero attached hydrogens (tertiary/aromatic N) is 1. The molecule has 1 unspecified atom stereocenters. The van der Waals surface area contributed by atoms with Crippen LogP contribution >= 0.6 is 0 Å². The molecule has 4 rings (SSSR count). The van der Waals surface area contributed by atoms with E-state index in [1.54, 1.807) is 18.2 Å². The maximum atomic E-state index is 13.1. The molecule has 2 aliphatic rings. The van der Waals surface area contributed by atoms with Crippen molar-refractivity contribution < 1.29 is 13.2 Å². The maximum absolute atomic E-state index is 13.1. The molecule has 1 amide bonds. The summed E-state index contributed by atoms with van der Waals surface area (Å²) in [6, 6.07) is 16.1. The van der Waals surface area contributed by atoms with Crippen LogP contribution in [-0.4, -0.2) is 39.6 Å². The first-order valence-corrected chi connectivity index (χ1v) is 11.8. The summed E-state index contributed by atoms with van der Waals surface area (Å²) in [5, 5.41) is 0.634. The van der Waals surface area contributed by atoms with Gasteiger partial charge in [-0.3, -0.25) is 0 Å². The summed E-state index contributed by atoms with van der Waals surface area (Å²) in [5.74, 6) is -0.503. The summed E-state index contributed by atoms with van der Waals surface area (Å²) < 4.78 is 28.4. The molecule has 0 saturated heterocycles. The van der Waals surface area contributed by atoms with Crippen LogP contribution in [0.3, 0.4) is 0 Å². The first-order chi connectivity index (χ1) is 12.6. The predicted molar refractivity (Wildman–Crippen MR) is 102 cm³/mol. The average molecular weight is 430 g/mol. The third-order valence-corrected chi connectivity index (χ3v) is 8.74. The van der Waals surface area contributed by atoms with Crippen molar-refractivity contribution in [1.82, 2.24) is 4.31 Å². The van der Waals surface area contributed by atoms with Gasteiger partial charge in [0.25, 0.3) is 0 Å². The molecular formula is C20H17NO3SSe. The molecular weight excluding hydrogens is 413 g/mol. The van der Waals surface area contributed by atoms with E-state index >= 15 is 0 Å². The molecule has 132 valence electrons. The van der Waals surface area contributed by atoms with Crippen LogP contribution < -0.4 is 4.46 Å². The quantitative estimate of drug-likeness (QED) is 0.685. The van der Waals surface area contributed by atoms with E-state index in [0.29, 0.717) is 5.32 Å². The summed E-state index contributed by atoms with van der Waals surface area (Å²) in [6.45, 7) is 0. The standard InChI is InChI=1S/C20H17NO3SSe/c22-20-17-12-6-7-13-19(17)25(23,24)21(20)18(15-8-4-5-9-15)14-26-16-10-2-1-3-11-16/h1-13,15,18H,14H2. The first-order valence-electron chi connectivity index (χ1n) is 8.30. The molecule has 0 bridgehead atoms. The molecule has 6 heteroatoms. The monoisotopic (exact) mass is 431 g/mol. The minimum atomic E-state index is -3.81. The van der Waals surface area contributed by atoms with Crippen molar-refractivity contribution in [3.8, 4) is 0 Å². The molecule has 0 aromatic heterocycles. The van der Waals surface area contributed by atoms with E-state index in [-0.39, 0.29) is 31.3 Å². The second kappa shape index (κ2) is 6.88. The van der Waals surface area contributed by atoms with Gasteiger partial charge in [-0.2, -0.15) is 0 Å². The molecule has 0 fully saturated rings. The van der Waals surface area contributed by atoms with Crippen LogP contribution in [0, 0.1) is 5.92 Å². The zero-order valence-electron chi connectivity index (χ0n) is 13.9. The van der Waals surface area contributed by atoms with Crippen LogP contribution in [0.5, 0.6) is 0 Å². The predicted octanol–water partition coefficient (Wildman–Crippen LogP) is 2.39. The Hall–Kier alpha value is -2.14. The van der Waals surface area contributed by atoms with Gasteiger partial charge in [0.1, 0.15) is 0 Å². The number of rotatable bonds is 5. The minimum absolute atomic E-state index is 0.0702. The molecule has 0 spiro atoms. The Labute approximate surface area is 159 Å². The van der Waals surface area contributed by atoms with Gasteiger partial charge in [-0.05, 0) is 0 Å². The Kier molecular flexibility index (Phi) is 4.57. The zero-order valence-corrected chi connectivity index (χ0v) is 16.4. The van der Waals surface area contributed by atoms with E-state index in [1.165, 1.54) is 10.5 Å². The van der Waals surface area contributed by atoms with E-state index in [9.17, 15) is 13.2 Å². The molecule has 0 N–H and O–H groups in total. The number of benzene rings is 2. The van der Waals surface area contributed by atoms with Gasteiger partial charge in [0.15, 0.2) is 0 Å². The fraction of sp³-hybridized carbons (Fsp3) is 0.150. The number of sulfonamides is 1. The zero-order chi connectivity index (χ0) is 18.1. The van der Waals surface area contributed by atoms with Crippen molar-refractivity contribution in [3.63, 3.8) is 0 Å². The molecule has 0 saturated carbocycles. The van der Waals surface area contributed by atoms with Gasteiger partial charge in [-0.1, -0.05) is 0 Å². The van der Waals surface area contributed by atoms with Crippen LogP contribution in [-0.2, 0) is 10.0 Å². The number of amides is 1. The van der Waals surface area contributed by atoms with E-state index < -0.39 is 22.0 Å². The van der Waals surface area contributed by atoms with Gasteiger partial charge in [0.2, 0.25) is 0 Å². The van der Waals surface area contributed by atoms with Gasteiger partial charge in [0, 0.05) is 0 Å². The van der Waals surface area contributed by atoms with Crippen molar-refractivity contribution in [2.45, 2.75) is 16.3 Å². The molecule has 1 atom stereocenters. The Balaban J connectivity index is 1.69. The molecule has 0 radical (unpaired) electrons. The van der Waals surface area contributed by atoms with Crippen LogP contribution in [0.25, 0.3) is 0 Å². The van der Waals surface area contributed by atoms with Crippen molar-refractivity contribution in [2.75, 3.05) is 0 Å². The Bertz CT molecular complexity index is 987. The third kappa shape index (κ3) is 2.94. The Morgan fingerprint density at radius 3 is 2.31 bits per heavy atom. The normalized spacial score (nSPS) is 19.1. The van der Waals surface area contributed by atoms with E-state index in [4.69, 9.17) is 0 Å². The van der Waals surface area contributed by atoms with Crippen LogP contribution in [0.2, 0.25) is 5.32 Å². The summed E-state index contributed by atoms with van der Waals surface area (Å²) in [5.41, 5.74) is 0.274. The van der Waals surface area contributed by atoms with Crippen LogP contribution in [0.1, 0.15) is 10.4 Å². The second-order valence-corrected chi connectivity index (χ2v) is 10.2. The van der Waals surface area contributed by atoms with Crippen LogP contribution in [0.15, 0.2) is 83.8 Å². The Morgan fingerprint density at radius 2 is 1.62 bits per heavy atom. The SMILES string of the molecule is O=C1c2ccccc2S(=O)(=O)N1C(C[Se]c1ccccc1)C1C=CC=C1. The van der Waals surface area contributed by atoms with Gasteiger partial charge >= 0.3 is 160 Å². The second-order valence-electron chi connectivity index (χ2n) is 6.14. The molecule has 1 heterocycles. The number of carbonyl (C=O) groups excluding carboxylic acids is 1. The molecule has 4 nitrogen and oxygen atoms in total. The van der Waals surface area contributed by atoms with Gasteiger partial charge in [0.05, 0.1) is 0 Å². The van der Waals surface area contributed by atoms with Crippen molar-refractivity contribution in [3.05, 3.63) is 84.5 Å². The average Bonchev–Trinajstić information content (AvgIpc) is 3.25. The van der Waals surface area contributed by atoms with Crippen molar-refractivity contribution in [1.29, 1.82) is 0 Å². The molecule has 2 aromatic carbocycles. The first kappa shape index (κ1) is 17.3.